The third kappa shape index (κ3) is 5.70. The molecule has 1 aromatic carbocycles. The molecular formula is C22H24FNO5. The second-order valence-corrected chi connectivity index (χ2v) is 8.65. The highest BCUT2D eigenvalue weighted by Gasteiger charge is 2.30. The maximum atomic E-state index is 13.6. The van der Waals surface area contributed by atoms with E-state index in [1.54, 1.807) is 47.6 Å². The summed E-state index contributed by atoms with van der Waals surface area (Å²) in [6.45, 7) is 9.76. The molecule has 0 aliphatic heterocycles. The van der Waals surface area contributed by atoms with Gasteiger partial charge in [0.15, 0.2) is 11.4 Å². The average Bonchev–Trinajstić information content (AvgIpc) is 2.59. The Balaban J connectivity index is 2.48. The summed E-state index contributed by atoms with van der Waals surface area (Å²) in [6.07, 6.45) is 1.32. The van der Waals surface area contributed by atoms with Crippen molar-refractivity contribution in [3.8, 4) is 16.9 Å². The topological polar surface area (TPSA) is 82.6 Å². The van der Waals surface area contributed by atoms with Crippen molar-refractivity contribution in [2.45, 2.75) is 41.5 Å². The third-order valence-corrected chi connectivity index (χ3v) is 3.82. The second-order valence-electron chi connectivity index (χ2n) is 8.65. The lowest BCUT2D eigenvalue weighted by molar-refractivity contribution is -0.146. The van der Waals surface area contributed by atoms with Crippen molar-refractivity contribution in [3.05, 3.63) is 48.0 Å². The van der Waals surface area contributed by atoms with Crippen LogP contribution in [0.2, 0.25) is 0 Å². The Labute approximate surface area is 169 Å². The van der Waals surface area contributed by atoms with Crippen LogP contribution in [0, 0.1) is 16.6 Å². The van der Waals surface area contributed by atoms with Crippen molar-refractivity contribution in [1.82, 2.24) is 4.98 Å². The van der Waals surface area contributed by atoms with Gasteiger partial charge in [0, 0.05) is 11.8 Å². The first-order valence-corrected chi connectivity index (χ1v) is 9.04. The molecule has 0 saturated heterocycles. The molecule has 0 amide bonds. The molecule has 154 valence electrons. The Hall–Kier alpha value is -3.09. The van der Waals surface area contributed by atoms with E-state index < -0.39 is 34.6 Å². The number of benzene rings is 1. The molecule has 0 bridgehead atoms. The molecule has 0 saturated carbocycles. The molecule has 0 unspecified atom stereocenters. The minimum Gasteiger partial charge on any atom is -0.424 e. The molecule has 0 spiro atoms. The van der Waals surface area contributed by atoms with Gasteiger partial charge in [0.25, 0.3) is 0 Å². The molecule has 0 N–H and O–H groups in total. The van der Waals surface area contributed by atoms with E-state index in [0.29, 0.717) is 11.1 Å². The lowest BCUT2D eigenvalue weighted by Gasteiger charge is -2.19. The molecule has 0 aliphatic carbocycles. The van der Waals surface area contributed by atoms with Crippen LogP contribution in [0.15, 0.2) is 36.5 Å². The maximum absolute atomic E-state index is 13.6. The summed E-state index contributed by atoms with van der Waals surface area (Å²) >= 11 is 0. The normalized spacial score (nSPS) is 11.7. The fourth-order valence-electron chi connectivity index (χ4n) is 2.04. The Kier molecular flexibility index (Phi) is 6.21. The van der Waals surface area contributed by atoms with E-state index in [4.69, 9.17) is 9.47 Å². The van der Waals surface area contributed by atoms with Gasteiger partial charge in [-0.25, -0.2) is 14.2 Å². The second kappa shape index (κ2) is 8.11. The molecule has 6 nitrogen and oxygen atoms in total. The minimum atomic E-state index is -1.03. The summed E-state index contributed by atoms with van der Waals surface area (Å²) in [5.41, 5.74) is -1.16. The number of rotatable bonds is 3. The van der Waals surface area contributed by atoms with Crippen LogP contribution in [0.3, 0.4) is 0 Å². The summed E-state index contributed by atoms with van der Waals surface area (Å²) < 4.78 is 23.8. The number of nitrogens with zero attached hydrogens (tertiary/aromatic N) is 1. The zero-order valence-corrected chi connectivity index (χ0v) is 17.3. The maximum Gasteiger partial charge on any atom is 0.368 e. The quantitative estimate of drug-likeness (QED) is 0.553. The van der Waals surface area contributed by atoms with Crippen LogP contribution in [0.5, 0.6) is 5.75 Å². The molecule has 1 heterocycles. The highest BCUT2D eigenvalue weighted by atomic mass is 19.1. The number of pyridine rings is 1. The van der Waals surface area contributed by atoms with Gasteiger partial charge in [-0.1, -0.05) is 12.1 Å². The number of ether oxygens (including phenoxy) is 2. The average molecular weight is 401 g/mol. The van der Waals surface area contributed by atoms with E-state index in [-0.39, 0.29) is 11.4 Å². The van der Waals surface area contributed by atoms with Crippen LogP contribution in [0.25, 0.3) is 11.1 Å². The van der Waals surface area contributed by atoms with Gasteiger partial charge in [-0.3, -0.25) is 9.59 Å². The van der Waals surface area contributed by atoms with Crippen molar-refractivity contribution in [1.29, 1.82) is 0 Å². The molecular weight excluding hydrogens is 377 g/mol. The van der Waals surface area contributed by atoms with Crippen molar-refractivity contribution in [2.75, 3.05) is 0 Å². The van der Waals surface area contributed by atoms with Crippen molar-refractivity contribution >= 4 is 17.9 Å². The predicted octanol–water partition coefficient (Wildman–Crippen LogP) is 4.57. The van der Waals surface area contributed by atoms with Crippen LogP contribution < -0.4 is 4.74 Å². The largest absolute Gasteiger partial charge is 0.424 e. The summed E-state index contributed by atoms with van der Waals surface area (Å²) in [4.78, 5) is 40.9. The monoisotopic (exact) mass is 401 g/mol. The molecule has 29 heavy (non-hydrogen) atoms. The van der Waals surface area contributed by atoms with Gasteiger partial charge >= 0.3 is 17.9 Å². The number of hydrogen-bond acceptors (Lipinski definition) is 6. The van der Waals surface area contributed by atoms with Crippen LogP contribution in [0.4, 0.5) is 4.39 Å². The Morgan fingerprint density at radius 3 is 2.07 bits per heavy atom. The first kappa shape index (κ1) is 22.2. The van der Waals surface area contributed by atoms with Crippen molar-refractivity contribution in [2.24, 2.45) is 10.8 Å². The fraction of sp³-hybridized carbons (Fsp3) is 0.364. The number of hydrogen-bond donors (Lipinski definition) is 0. The van der Waals surface area contributed by atoms with Gasteiger partial charge in [-0.05, 0) is 65.3 Å². The highest BCUT2D eigenvalue weighted by Crippen LogP contribution is 2.29. The van der Waals surface area contributed by atoms with Gasteiger partial charge in [-0.2, -0.15) is 0 Å². The van der Waals surface area contributed by atoms with Gasteiger partial charge in [0.2, 0.25) is 0 Å². The fourth-order valence-corrected chi connectivity index (χ4v) is 2.04. The van der Waals surface area contributed by atoms with Crippen molar-refractivity contribution < 1.29 is 28.2 Å². The van der Waals surface area contributed by atoms with Crippen LogP contribution in [0.1, 0.15) is 52.0 Å². The zero-order chi connectivity index (χ0) is 22.0. The number of halogens is 1. The number of carbonyl (C=O) groups is 3. The standard InChI is InChI=1S/C22H24FNO5/c1-21(2,3)19(26)28-16-11-14(13-8-7-9-15(23)10-13)12-24-17(16)18(25)29-20(27)22(4,5)6/h7-12H,1-6H3. The molecule has 0 aliphatic rings. The van der Waals surface area contributed by atoms with Gasteiger partial charge < -0.3 is 9.47 Å². The first-order chi connectivity index (χ1) is 13.3. The van der Waals surface area contributed by atoms with Gasteiger partial charge in [0.1, 0.15) is 5.82 Å². The minimum absolute atomic E-state index is 0.168. The van der Waals surface area contributed by atoms with E-state index >= 15 is 0 Å². The summed E-state index contributed by atoms with van der Waals surface area (Å²) in [7, 11) is 0. The van der Waals surface area contributed by atoms with Crippen LogP contribution >= 0.6 is 0 Å². The summed E-state index contributed by atoms with van der Waals surface area (Å²) in [6, 6.07) is 7.14. The first-order valence-electron chi connectivity index (χ1n) is 9.04. The highest BCUT2D eigenvalue weighted by molar-refractivity contribution is 5.99. The third-order valence-electron chi connectivity index (χ3n) is 3.82. The van der Waals surface area contributed by atoms with Crippen LogP contribution in [-0.2, 0) is 14.3 Å². The molecule has 7 heteroatoms. The smallest absolute Gasteiger partial charge is 0.368 e. The van der Waals surface area contributed by atoms with E-state index in [1.807, 2.05) is 0 Å². The van der Waals surface area contributed by atoms with Gasteiger partial charge in [0.05, 0.1) is 10.8 Å². The molecule has 0 radical (unpaired) electrons. The predicted molar refractivity (Wildman–Crippen MR) is 105 cm³/mol. The van der Waals surface area contributed by atoms with Crippen molar-refractivity contribution in [3.63, 3.8) is 0 Å². The summed E-state index contributed by atoms with van der Waals surface area (Å²) in [5.74, 6) is -3.00. The van der Waals surface area contributed by atoms with E-state index in [0.717, 1.165) is 0 Å². The number of aromatic nitrogens is 1. The lowest BCUT2D eigenvalue weighted by atomic mass is 9.97. The molecule has 0 atom stereocenters. The Bertz CT molecular complexity index is 954. The van der Waals surface area contributed by atoms with E-state index in [9.17, 15) is 18.8 Å². The van der Waals surface area contributed by atoms with E-state index in [2.05, 4.69) is 4.98 Å². The zero-order valence-electron chi connectivity index (χ0n) is 17.3. The SMILES string of the molecule is CC(C)(C)C(=O)OC(=O)c1ncc(-c2cccc(F)c2)cc1OC(=O)C(C)(C)C. The Morgan fingerprint density at radius 1 is 0.897 bits per heavy atom. The number of carbonyl (C=O) groups excluding carboxylic acids is 3. The Morgan fingerprint density at radius 2 is 1.52 bits per heavy atom. The molecule has 2 rings (SSSR count). The van der Waals surface area contributed by atoms with Gasteiger partial charge in [-0.15, -0.1) is 0 Å². The number of esters is 3. The molecule has 1 aromatic heterocycles. The molecule has 0 fully saturated rings. The van der Waals surface area contributed by atoms with Crippen LogP contribution in [-0.4, -0.2) is 22.9 Å². The van der Waals surface area contributed by atoms with E-state index in [1.165, 1.54) is 30.5 Å². The lowest BCUT2D eigenvalue weighted by Crippen LogP contribution is -2.28. The summed E-state index contributed by atoms with van der Waals surface area (Å²) in [5, 5.41) is 0. The molecule has 2 aromatic rings.